The molecule has 19 heavy (non-hydrogen) atoms. The Labute approximate surface area is 117 Å². The SMILES string of the molecule is CCCNC(=O)NC(=O)CNc1ccc(Cl)cc1C. The zero-order valence-corrected chi connectivity index (χ0v) is 11.8. The van der Waals surface area contributed by atoms with E-state index in [4.69, 9.17) is 11.6 Å². The van der Waals surface area contributed by atoms with E-state index >= 15 is 0 Å². The van der Waals surface area contributed by atoms with Gasteiger partial charge in [0.15, 0.2) is 0 Å². The number of nitrogens with one attached hydrogen (secondary N) is 3. The van der Waals surface area contributed by atoms with Crippen LogP contribution in [0.2, 0.25) is 5.02 Å². The Bertz CT molecular complexity index is 463. The van der Waals surface area contributed by atoms with E-state index in [1.165, 1.54) is 0 Å². The molecule has 6 heteroatoms. The number of carbonyl (C=O) groups is 2. The highest BCUT2D eigenvalue weighted by Crippen LogP contribution is 2.19. The van der Waals surface area contributed by atoms with Gasteiger partial charge in [-0.2, -0.15) is 0 Å². The third-order valence-electron chi connectivity index (χ3n) is 2.42. The van der Waals surface area contributed by atoms with Gasteiger partial charge >= 0.3 is 6.03 Å². The summed E-state index contributed by atoms with van der Waals surface area (Å²) < 4.78 is 0. The van der Waals surface area contributed by atoms with Gasteiger partial charge in [0, 0.05) is 17.3 Å². The van der Waals surface area contributed by atoms with Gasteiger partial charge in [-0.25, -0.2) is 4.79 Å². The number of carbonyl (C=O) groups excluding carboxylic acids is 2. The van der Waals surface area contributed by atoms with Gasteiger partial charge in [-0.1, -0.05) is 18.5 Å². The van der Waals surface area contributed by atoms with Crippen molar-refractivity contribution in [1.82, 2.24) is 10.6 Å². The molecule has 0 radical (unpaired) electrons. The minimum Gasteiger partial charge on any atom is -0.376 e. The standard InChI is InChI=1S/C13H18ClN3O2/c1-3-6-15-13(19)17-12(18)8-16-11-5-4-10(14)7-9(11)2/h4-5,7,16H,3,6,8H2,1-2H3,(H2,15,17,18,19). The summed E-state index contributed by atoms with van der Waals surface area (Å²) in [5.74, 6) is -0.386. The van der Waals surface area contributed by atoms with Gasteiger partial charge in [-0.15, -0.1) is 0 Å². The van der Waals surface area contributed by atoms with Gasteiger partial charge in [0.2, 0.25) is 5.91 Å². The van der Waals surface area contributed by atoms with Crippen LogP contribution in [0, 0.1) is 6.92 Å². The van der Waals surface area contributed by atoms with Gasteiger partial charge in [0.1, 0.15) is 0 Å². The van der Waals surface area contributed by atoms with Gasteiger partial charge < -0.3 is 10.6 Å². The van der Waals surface area contributed by atoms with Crippen molar-refractivity contribution in [3.8, 4) is 0 Å². The van der Waals surface area contributed by atoms with Crippen molar-refractivity contribution in [3.05, 3.63) is 28.8 Å². The van der Waals surface area contributed by atoms with E-state index in [1.807, 2.05) is 13.8 Å². The molecule has 0 bridgehead atoms. The summed E-state index contributed by atoms with van der Waals surface area (Å²) in [5, 5.41) is 8.40. The monoisotopic (exact) mass is 283 g/mol. The predicted molar refractivity (Wildman–Crippen MR) is 76.5 cm³/mol. The molecule has 1 aromatic rings. The third kappa shape index (κ3) is 5.61. The van der Waals surface area contributed by atoms with E-state index in [0.717, 1.165) is 17.7 Å². The molecule has 0 aliphatic carbocycles. The average molecular weight is 284 g/mol. The lowest BCUT2D eigenvalue weighted by molar-refractivity contribution is -0.118. The van der Waals surface area contributed by atoms with E-state index in [-0.39, 0.29) is 12.5 Å². The van der Waals surface area contributed by atoms with E-state index < -0.39 is 6.03 Å². The lowest BCUT2D eigenvalue weighted by atomic mass is 10.2. The van der Waals surface area contributed by atoms with Gasteiger partial charge in [0.25, 0.3) is 0 Å². The summed E-state index contributed by atoms with van der Waals surface area (Å²) in [4.78, 5) is 22.8. The van der Waals surface area contributed by atoms with E-state index in [0.29, 0.717) is 11.6 Å². The second-order valence-corrected chi connectivity index (χ2v) is 4.55. The number of imide groups is 1. The van der Waals surface area contributed by atoms with Crippen LogP contribution in [0.15, 0.2) is 18.2 Å². The molecule has 5 nitrogen and oxygen atoms in total. The number of benzene rings is 1. The summed E-state index contributed by atoms with van der Waals surface area (Å²) in [6, 6.07) is 4.86. The van der Waals surface area contributed by atoms with Crippen LogP contribution in [-0.2, 0) is 4.79 Å². The number of amides is 3. The van der Waals surface area contributed by atoms with E-state index in [2.05, 4.69) is 16.0 Å². The number of anilines is 1. The van der Waals surface area contributed by atoms with E-state index in [1.54, 1.807) is 18.2 Å². The first-order chi connectivity index (χ1) is 9.02. The number of urea groups is 1. The Balaban J connectivity index is 2.39. The smallest absolute Gasteiger partial charge is 0.321 e. The molecule has 0 fully saturated rings. The number of hydrogen-bond acceptors (Lipinski definition) is 3. The molecule has 0 atom stereocenters. The summed E-state index contributed by atoms with van der Waals surface area (Å²) in [7, 11) is 0. The molecule has 3 N–H and O–H groups in total. The zero-order valence-electron chi connectivity index (χ0n) is 11.0. The molecule has 0 aliphatic rings. The molecule has 1 aromatic carbocycles. The molecule has 0 saturated carbocycles. The lowest BCUT2D eigenvalue weighted by Gasteiger charge is -2.10. The number of hydrogen-bond donors (Lipinski definition) is 3. The Morgan fingerprint density at radius 2 is 2.05 bits per heavy atom. The van der Waals surface area contributed by atoms with Gasteiger partial charge in [-0.05, 0) is 37.1 Å². The molecule has 1 rings (SSSR count). The maximum atomic E-state index is 11.5. The van der Waals surface area contributed by atoms with E-state index in [9.17, 15) is 9.59 Å². The number of halogens is 1. The second-order valence-electron chi connectivity index (χ2n) is 4.12. The minimum atomic E-state index is -0.471. The van der Waals surface area contributed by atoms with Crippen molar-refractivity contribution in [2.24, 2.45) is 0 Å². The first kappa shape index (κ1) is 15.3. The van der Waals surface area contributed by atoms with Crippen molar-refractivity contribution in [2.45, 2.75) is 20.3 Å². The molecule has 3 amide bonds. The second kappa shape index (κ2) is 7.63. The van der Waals surface area contributed by atoms with Crippen molar-refractivity contribution in [1.29, 1.82) is 0 Å². The van der Waals surface area contributed by atoms with Crippen molar-refractivity contribution in [3.63, 3.8) is 0 Å². The molecule has 0 heterocycles. The summed E-state index contributed by atoms with van der Waals surface area (Å²) >= 11 is 5.84. The normalized spacial score (nSPS) is 9.84. The quantitative estimate of drug-likeness (QED) is 0.776. The maximum absolute atomic E-state index is 11.5. The van der Waals surface area contributed by atoms with Crippen molar-refractivity contribution in [2.75, 3.05) is 18.4 Å². The number of rotatable bonds is 5. The average Bonchev–Trinajstić information content (AvgIpc) is 2.35. The fourth-order valence-corrected chi connectivity index (χ4v) is 1.68. The maximum Gasteiger partial charge on any atom is 0.321 e. The fraction of sp³-hybridized carbons (Fsp3) is 0.385. The molecule has 0 aliphatic heterocycles. The minimum absolute atomic E-state index is 0.0298. The lowest BCUT2D eigenvalue weighted by Crippen LogP contribution is -2.42. The Morgan fingerprint density at radius 3 is 2.68 bits per heavy atom. The van der Waals surface area contributed by atoms with Crippen LogP contribution < -0.4 is 16.0 Å². The van der Waals surface area contributed by atoms with Crippen LogP contribution in [0.4, 0.5) is 10.5 Å². The van der Waals surface area contributed by atoms with Crippen LogP contribution in [-0.4, -0.2) is 25.0 Å². The van der Waals surface area contributed by atoms with Gasteiger partial charge in [0.05, 0.1) is 6.54 Å². The first-order valence-electron chi connectivity index (χ1n) is 6.10. The summed E-state index contributed by atoms with van der Waals surface area (Å²) in [5.41, 5.74) is 1.75. The molecular weight excluding hydrogens is 266 g/mol. The fourth-order valence-electron chi connectivity index (χ4n) is 1.45. The first-order valence-corrected chi connectivity index (χ1v) is 6.48. The molecular formula is C13H18ClN3O2. The molecule has 0 unspecified atom stereocenters. The molecule has 0 saturated heterocycles. The Morgan fingerprint density at radius 1 is 1.32 bits per heavy atom. The summed E-state index contributed by atoms with van der Waals surface area (Å²) in [6.45, 7) is 4.40. The molecule has 0 aromatic heterocycles. The highest BCUT2D eigenvalue weighted by Gasteiger charge is 2.07. The topological polar surface area (TPSA) is 70.2 Å². The summed E-state index contributed by atoms with van der Waals surface area (Å²) in [6.07, 6.45) is 0.823. The van der Waals surface area contributed by atoms with Crippen LogP contribution in [0.3, 0.4) is 0 Å². The predicted octanol–water partition coefficient (Wildman–Crippen LogP) is 2.30. The highest BCUT2D eigenvalue weighted by atomic mass is 35.5. The highest BCUT2D eigenvalue weighted by molar-refractivity contribution is 6.30. The van der Waals surface area contributed by atoms with Crippen molar-refractivity contribution < 1.29 is 9.59 Å². The zero-order chi connectivity index (χ0) is 14.3. The number of aryl methyl sites for hydroxylation is 1. The Kier molecular flexibility index (Phi) is 6.15. The van der Waals surface area contributed by atoms with Crippen LogP contribution >= 0.6 is 11.6 Å². The molecule has 104 valence electrons. The molecule has 0 spiro atoms. The Hall–Kier alpha value is -1.75. The third-order valence-corrected chi connectivity index (χ3v) is 2.65. The van der Waals surface area contributed by atoms with Crippen LogP contribution in [0.25, 0.3) is 0 Å². The van der Waals surface area contributed by atoms with Gasteiger partial charge in [-0.3, -0.25) is 10.1 Å². The van der Waals surface area contributed by atoms with Crippen LogP contribution in [0.5, 0.6) is 0 Å². The van der Waals surface area contributed by atoms with Crippen molar-refractivity contribution >= 4 is 29.2 Å². The largest absolute Gasteiger partial charge is 0.376 e. The van der Waals surface area contributed by atoms with Crippen LogP contribution in [0.1, 0.15) is 18.9 Å².